The molecule has 0 bridgehead atoms. The molecule has 0 saturated carbocycles. The van der Waals surface area contributed by atoms with E-state index in [9.17, 15) is 19.2 Å². The Hall–Kier alpha value is -7.29. The number of methoxy groups -OCH3 is 2. The minimum absolute atomic E-state index is 0.113. The highest BCUT2D eigenvalue weighted by atomic mass is 16.5. The Bertz CT molecular complexity index is 2860. The van der Waals surface area contributed by atoms with Crippen molar-refractivity contribution in [1.82, 2.24) is 40.4 Å². The van der Waals surface area contributed by atoms with E-state index >= 15 is 0 Å². The van der Waals surface area contributed by atoms with Gasteiger partial charge in [-0.15, -0.1) is 0 Å². The predicted octanol–water partition coefficient (Wildman–Crippen LogP) is 7.55. The number of benzene rings is 4. The molecular formula is C48H50N9O6+. The summed E-state index contributed by atoms with van der Waals surface area (Å²) in [5, 5.41) is 9.68. The second-order valence-corrected chi connectivity index (χ2v) is 16.6. The lowest BCUT2D eigenvalue weighted by molar-refractivity contribution is -0.393. The van der Waals surface area contributed by atoms with Gasteiger partial charge in [-0.05, 0) is 95.3 Å². The van der Waals surface area contributed by atoms with Gasteiger partial charge in [0.15, 0.2) is 5.69 Å². The number of hydrogen-bond donors (Lipinski definition) is 4. The highest BCUT2D eigenvalue weighted by molar-refractivity contribution is 6.06. The zero-order valence-electron chi connectivity index (χ0n) is 35.6. The zero-order chi connectivity index (χ0) is 43.8. The van der Waals surface area contributed by atoms with Gasteiger partial charge in [0.1, 0.15) is 30.1 Å². The van der Waals surface area contributed by atoms with Crippen LogP contribution in [0.15, 0.2) is 97.5 Å². The third-order valence-electron chi connectivity index (χ3n) is 12.4. The molecule has 322 valence electrons. The minimum atomic E-state index is -0.932. The smallest absolute Gasteiger partial charge is 0.407 e. The summed E-state index contributed by atoms with van der Waals surface area (Å²) in [6.45, 7) is 4.96. The average Bonchev–Trinajstić information content (AvgIpc) is 4.16. The van der Waals surface area contributed by atoms with E-state index < -0.39 is 24.3 Å². The van der Waals surface area contributed by atoms with Gasteiger partial charge >= 0.3 is 12.2 Å². The van der Waals surface area contributed by atoms with Crippen LogP contribution in [0.5, 0.6) is 0 Å². The zero-order valence-corrected chi connectivity index (χ0v) is 35.6. The molecule has 5 heterocycles. The van der Waals surface area contributed by atoms with Crippen LogP contribution in [0.25, 0.3) is 55.0 Å². The van der Waals surface area contributed by atoms with Gasteiger partial charge in [-0.3, -0.25) is 14.6 Å². The van der Waals surface area contributed by atoms with E-state index in [0.29, 0.717) is 18.7 Å². The Morgan fingerprint density at radius 2 is 1.41 bits per heavy atom. The van der Waals surface area contributed by atoms with Gasteiger partial charge < -0.3 is 34.9 Å². The number of carbonyl (C=O) groups is 4. The monoisotopic (exact) mass is 848 g/mol. The van der Waals surface area contributed by atoms with E-state index in [1.807, 2.05) is 31.0 Å². The van der Waals surface area contributed by atoms with E-state index in [4.69, 9.17) is 14.5 Å². The molecular weight excluding hydrogens is 799 g/mol. The molecule has 63 heavy (non-hydrogen) atoms. The van der Waals surface area contributed by atoms with Crippen LogP contribution in [0.4, 0.5) is 9.59 Å². The first kappa shape index (κ1) is 41.1. The third kappa shape index (κ3) is 8.02. The van der Waals surface area contributed by atoms with Crippen molar-refractivity contribution in [2.24, 2.45) is 5.92 Å². The molecule has 4 aromatic carbocycles. The lowest BCUT2D eigenvalue weighted by Gasteiger charge is -2.29. The summed E-state index contributed by atoms with van der Waals surface area (Å²) in [6.07, 6.45) is 7.03. The first-order chi connectivity index (χ1) is 30.6. The molecule has 15 nitrogen and oxygen atoms in total. The van der Waals surface area contributed by atoms with Gasteiger partial charge in [0.2, 0.25) is 5.91 Å². The molecule has 4 amide bonds. The number of alkyl carbamates (subject to hydrolysis) is 2. The second kappa shape index (κ2) is 17.2. The van der Waals surface area contributed by atoms with Crippen LogP contribution in [-0.4, -0.2) is 87.1 Å². The summed E-state index contributed by atoms with van der Waals surface area (Å²) >= 11 is 0. The van der Waals surface area contributed by atoms with Crippen LogP contribution in [0.2, 0.25) is 0 Å². The largest absolute Gasteiger partial charge is 0.453 e. The molecule has 0 aliphatic carbocycles. The van der Waals surface area contributed by atoms with Crippen LogP contribution in [0, 0.1) is 5.92 Å². The van der Waals surface area contributed by atoms with Crippen molar-refractivity contribution in [3.8, 4) is 22.4 Å². The number of nitrogens with zero attached hydrogens (tertiary/aromatic N) is 4. The van der Waals surface area contributed by atoms with E-state index in [-0.39, 0.29) is 29.8 Å². The van der Waals surface area contributed by atoms with Crippen molar-refractivity contribution in [2.75, 3.05) is 27.3 Å². The molecule has 9 rings (SSSR count). The number of carbonyl (C=O) groups excluding carboxylic acids is 4. The van der Waals surface area contributed by atoms with Crippen LogP contribution in [-0.2, 0) is 19.1 Å². The topological polar surface area (TPSA) is 189 Å². The summed E-state index contributed by atoms with van der Waals surface area (Å²) in [6, 6.07) is 24.8. The molecule has 7 aromatic rings. The van der Waals surface area contributed by atoms with Crippen molar-refractivity contribution in [3.05, 3.63) is 115 Å². The number of H-pyrrole nitrogens is 3. The number of likely N-dealkylation sites (tertiary alicyclic amines) is 2. The van der Waals surface area contributed by atoms with Crippen molar-refractivity contribution in [2.45, 2.75) is 63.7 Å². The molecule has 0 radical (unpaired) electrons. The number of hydrogen-bond acceptors (Lipinski definition) is 8. The summed E-state index contributed by atoms with van der Waals surface area (Å²) in [4.78, 5) is 75.3. The number of nitrogens with one attached hydrogen (secondary N) is 5. The number of amides is 4. The van der Waals surface area contributed by atoms with Crippen LogP contribution < -0.4 is 15.6 Å². The lowest BCUT2D eigenvalue weighted by atomic mass is 9.97. The van der Waals surface area contributed by atoms with E-state index in [0.717, 1.165) is 92.3 Å². The SMILES string of the molecule is COC(=O)NC(C(=O)N1CCC[C@H]1c1[nH]c(-c2ccc3cc(-c4ccc5c(ccc6[nH]c([C@@H]7CCCN7C(=O)[C@@H](NC(=O)OC)C(C)C)nc65)c4)ccc3c2)c[nH+]1)c1cccnc1. The van der Waals surface area contributed by atoms with Gasteiger partial charge in [0, 0.05) is 42.0 Å². The number of aromatic amines is 3. The first-order valence-corrected chi connectivity index (χ1v) is 21.4. The van der Waals surface area contributed by atoms with Gasteiger partial charge in [-0.2, -0.15) is 0 Å². The molecule has 2 fully saturated rings. The fourth-order valence-electron chi connectivity index (χ4n) is 9.15. The Labute approximate surface area is 363 Å². The maximum Gasteiger partial charge on any atom is 0.407 e. The lowest BCUT2D eigenvalue weighted by Crippen LogP contribution is -2.51. The van der Waals surface area contributed by atoms with Crippen molar-refractivity contribution < 1.29 is 33.6 Å². The standard InChI is InChI=1S/C48H49N9O6/c1-27(2)40(54-47(60)62-3)45(58)57-21-7-10-39(57)44-51-36-18-16-32-23-31(15-17-35(32)42(36)53-44)28-11-12-30-24-33(14-13-29(30)22-28)37-26-50-43(52-37)38-9-6-20-56(38)46(59)41(55-48(61)63-4)34-8-5-19-49-25-34/h5,8,11-19,22-27,38-41H,6-7,9-10,20-21H2,1-4H3,(H,50,52)(H,51,53)(H,54,60)(H,55,61)/p+1/t38-,39-,40-,41?/m0/s1. The fraction of sp³-hybridized carbons (Fsp3) is 0.312. The van der Waals surface area contributed by atoms with Crippen molar-refractivity contribution >= 4 is 56.6 Å². The Morgan fingerprint density at radius 1 is 0.762 bits per heavy atom. The maximum atomic E-state index is 14.0. The summed E-state index contributed by atoms with van der Waals surface area (Å²) in [5.74, 6) is 1.07. The molecule has 15 heteroatoms. The van der Waals surface area contributed by atoms with Crippen LogP contribution in [0.1, 0.15) is 74.9 Å². The summed E-state index contributed by atoms with van der Waals surface area (Å²) < 4.78 is 9.63. The highest BCUT2D eigenvalue weighted by Crippen LogP contribution is 2.37. The molecule has 4 atom stereocenters. The van der Waals surface area contributed by atoms with Gasteiger partial charge in [-0.25, -0.2) is 24.5 Å². The van der Waals surface area contributed by atoms with Crippen LogP contribution in [0.3, 0.4) is 0 Å². The number of fused-ring (bicyclic) bond motifs is 4. The molecule has 1 unspecified atom stereocenters. The Morgan fingerprint density at radius 3 is 2.13 bits per heavy atom. The first-order valence-electron chi connectivity index (χ1n) is 21.4. The summed E-state index contributed by atoms with van der Waals surface area (Å²) in [7, 11) is 2.57. The normalized spacial score (nSPS) is 17.3. The van der Waals surface area contributed by atoms with Gasteiger partial charge in [0.05, 0.1) is 31.3 Å². The van der Waals surface area contributed by atoms with Gasteiger partial charge in [0.25, 0.3) is 11.7 Å². The van der Waals surface area contributed by atoms with Gasteiger partial charge in [-0.1, -0.05) is 56.3 Å². The maximum absolute atomic E-state index is 14.0. The number of imidazole rings is 2. The molecule has 3 aromatic heterocycles. The van der Waals surface area contributed by atoms with E-state index in [2.05, 4.69) is 91.2 Å². The van der Waals surface area contributed by atoms with Crippen molar-refractivity contribution in [3.63, 3.8) is 0 Å². The average molecular weight is 849 g/mol. The fourth-order valence-corrected chi connectivity index (χ4v) is 9.15. The summed E-state index contributed by atoms with van der Waals surface area (Å²) in [5.41, 5.74) is 6.42. The number of pyridine rings is 1. The van der Waals surface area contributed by atoms with E-state index in [1.165, 1.54) is 14.2 Å². The number of ether oxygens (including phenoxy) is 2. The van der Waals surface area contributed by atoms with E-state index in [1.54, 1.807) is 29.4 Å². The Balaban J connectivity index is 0.924. The number of rotatable bonds is 10. The number of aromatic nitrogens is 5. The molecule has 5 N–H and O–H groups in total. The molecule has 0 spiro atoms. The highest BCUT2D eigenvalue weighted by Gasteiger charge is 2.40. The molecule has 2 aliphatic rings. The molecule has 2 saturated heterocycles. The minimum Gasteiger partial charge on any atom is -0.453 e. The molecule has 2 aliphatic heterocycles. The third-order valence-corrected chi connectivity index (χ3v) is 12.4. The quantitative estimate of drug-likeness (QED) is 0.109. The van der Waals surface area contributed by atoms with Crippen LogP contribution >= 0.6 is 0 Å². The Kier molecular flexibility index (Phi) is 11.2. The second-order valence-electron chi connectivity index (χ2n) is 16.6. The predicted molar refractivity (Wildman–Crippen MR) is 237 cm³/mol. The van der Waals surface area contributed by atoms with Crippen molar-refractivity contribution in [1.29, 1.82) is 0 Å².